The molecule has 1 heterocycles. The van der Waals surface area contributed by atoms with Crippen molar-refractivity contribution >= 4 is 36.2 Å². The first-order valence-electron chi connectivity index (χ1n) is 3.74. The molecule has 0 aliphatic heterocycles. The summed E-state index contributed by atoms with van der Waals surface area (Å²) in [5.74, 6) is 0.341. The molecule has 1 atom stereocenters. The SMILES string of the molecule is OCC(O)CSc1nc(=S)[nH]c(=S)[nH]1. The van der Waals surface area contributed by atoms with Crippen LogP contribution in [0.4, 0.5) is 0 Å². The molecule has 0 aliphatic rings. The molecule has 0 bridgehead atoms. The number of rotatable bonds is 4. The maximum absolute atomic E-state index is 9.09. The molecule has 14 heavy (non-hydrogen) atoms. The minimum atomic E-state index is -0.762. The first-order valence-corrected chi connectivity index (χ1v) is 5.54. The molecule has 5 nitrogen and oxygen atoms in total. The van der Waals surface area contributed by atoms with Crippen LogP contribution in [0.3, 0.4) is 0 Å². The molecule has 0 saturated carbocycles. The van der Waals surface area contributed by atoms with E-state index in [2.05, 4.69) is 15.0 Å². The molecule has 0 amide bonds. The number of hydrogen-bond acceptors (Lipinski definition) is 6. The fourth-order valence-corrected chi connectivity index (χ4v) is 2.03. The number of nitrogens with one attached hydrogen (secondary N) is 2. The standard InChI is InChI=1S/C6H9N3O2S3/c10-1-3(11)2-14-6-8-4(12)7-5(13)9-6/h3,10-11H,1-2H2,(H2,7,8,9,12,13). The topological polar surface area (TPSA) is 84.9 Å². The number of aliphatic hydroxyl groups is 2. The molecule has 0 fully saturated rings. The van der Waals surface area contributed by atoms with Gasteiger partial charge in [0.2, 0.25) is 4.77 Å². The van der Waals surface area contributed by atoms with Crippen molar-refractivity contribution in [1.29, 1.82) is 0 Å². The van der Waals surface area contributed by atoms with E-state index in [0.29, 0.717) is 20.5 Å². The number of thioether (sulfide) groups is 1. The Morgan fingerprint density at radius 2 is 2.14 bits per heavy atom. The molecule has 0 radical (unpaired) electrons. The third kappa shape index (κ3) is 3.84. The lowest BCUT2D eigenvalue weighted by Crippen LogP contribution is -2.14. The Hall–Kier alpha value is -0.280. The van der Waals surface area contributed by atoms with E-state index in [4.69, 9.17) is 34.6 Å². The van der Waals surface area contributed by atoms with Crippen molar-refractivity contribution in [1.82, 2.24) is 15.0 Å². The van der Waals surface area contributed by atoms with Gasteiger partial charge in [-0.25, -0.2) is 0 Å². The van der Waals surface area contributed by atoms with Crippen molar-refractivity contribution in [3.63, 3.8) is 0 Å². The second kappa shape index (κ2) is 5.56. The van der Waals surface area contributed by atoms with Crippen LogP contribution >= 0.6 is 36.2 Å². The van der Waals surface area contributed by atoms with Gasteiger partial charge in [0.05, 0.1) is 12.7 Å². The Morgan fingerprint density at radius 3 is 2.71 bits per heavy atom. The molecular weight excluding hydrogens is 242 g/mol. The van der Waals surface area contributed by atoms with E-state index >= 15 is 0 Å². The smallest absolute Gasteiger partial charge is 0.201 e. The van der Waals surface area contributed by atoms with E-state index in [9.17, 15) is 0 Å². The monoisotopic (exact) mass is 251 g/mol. The van der Waals surface area contributed by atoms with E-state index in [1.165, 1.54) is 11.8 Å². The Bertz CT molecular complexity index is 374. The minimum absolute atomic E-state index is 0.270. The van der Waals surface area contributed by atoms with E-state index < -0.39 is 6.10 Å². The summed E-state index contributed by atoms with van der Waals surface area (Å²) < 4.78 is 0.695. The van der Waals surface area contributed by atoms with E-state index in [0.717, 1.165) is 0 Å². The van der Waals surface area contributed by atoms with Gasteiger partial charge < -0.3 is 20.2 Å². The summed E-state index contributed by atoms with van der Waals surface area (Å²) >= 11 is 10.9. The van der Waals surface area contributed by atoms with Crippen LogP contribution in [-0.2, 0) is 0 Å². The van der Waals surface area contributed by atoms with Crippen molar-refractivity contribution in [2.75, 3.05) is 12.4 Å². The van der Waals surface area contributed by atoms with Crippen molar-refractivity contribution in [3.05, 3.63) is 9.54 Å². The van der Waals surface area contributed by atoms with Gasteiger partial charge in [0, 0.05) is 5.75 Å². The zero-order valence-electron chi connectivity index (χ0n) is 7.06. The summed E-state index contributed by atoms with van der Waals surface area (Å²) in [6.07, 6.45) is -0.762. The lowest BCUT2D eigenvalue weighted by Gasteiger charge is -2.04. The van der Waals surface area contributed by atoms with E-state index in [1.807, 2.05) is 0 Å². The quantitative estimate of drug-likeness (QED) is 0.464. The summed E-state index contributed by atoms with van der Waals surface area (Å²) in [6, 6.07) is 0. The summed E-state index contributed by atoms with van der Waals surface area (Å²) in [5, 5.41) is 18.2. The molecule has 78 valence electrons. The largest absolute Gasteiger partial charge is 0.394 e. The highest BCUT2D eigenvalue weighted by molar-refractivity contribution is 7.99. The molecular formula is C6H9N3O2S3. The van der Waals surface area contributed by atoms with Gasteiger partial charge in [-0.05, 0) is 24.4 Å². The van der Waals surface area contributed by atoms with Gasteiger partial charge in [0.25, 0.3) is 0 Å². The van der Waals surface area contributed by atoms with Crippen LogP contribution in [0.5, 0.6) is 0 Å². The minimum Gasteiger partial charge on any atom is -0.394 e. The fraction of sp³-hybridized carbons (Fsp3) is 0.500. The second-order valence-electron chi connectivity index (χ2n) is 2.45. The number of nitrogens with zero attached hydrogens (tertiary/aromatic N) is 1. The summed E-state index contributed by atoms with van der Waals surface area (Å²) in [7, 11) is 0. The number of hydrogen-bond donors (Lipinski definition) is 4. The van der Waals surface area contributed by atoms with Crippen LogP contribution in [0.1, 0.15) is 0 Å². The maximum Gasteiger partial charge on any atom is 0.201 e. The molecule has 1 rings (SSSR count). The highest BCUT2D eigenvalue weighted by Gasteiger charge is 2.04. The molecule has 1 unspecified atom stereocenters. The Balaban J connectivity index is 2.68. The highest BCUT2D eigenvalue weighted by atomic mass is 32.2. The van der Waals surface area contributed by atoms with Crippen molar-refractivity contribution < 1.29 is 10.2 Å². The average molecular weight is 251 g/mol. The molecule has 0 saturated heterocycles. The molecule has 0 spiro atoms. The molecule has 4 N–H and O–H groups in total. The fourth-order valence-electron chi connectivity index (χ4n) is 0.670. The summed E-state index contributed by atoms with van der Waals surface area (Å²) in [4.78, 5) is 9.38. The first-order chi connectivity index (χ1) is 6.61. The Kier molecular flexibility index (Phi) is 4.69. The predicted molar refractivity (Wildman–Crippen MR) is 58.4 cm³/mol. The lowest BCUT2D eigenvalue weighted by molar-refractivity contribution is 0.113. The van der Waals surface area contributed by atoms with Crippen LogP contribution in [0.2, 0.25) is 0 Å². The van der Waals surface area contributed by atoms with Gasteiger partial charge >= 0.3 is 0 Å². The van der Waals surface area contributed by atoms with Crippen LogP contribution in [0.25, 0.3) is 0 Å². The Morgan fingerprint density at radius 1 is 1.43 bits per heavy atom. The molecule has 8 heteroatoms. The number of aliphatic hydroxyl groups excluding tert-OH is 2. The van der Waals surface area contributed by atoms with Gasteiger partial charge in [0.1, 0.15) is 0 Å². The van der Waals surface area contributed by atoms with Crippen LogP contribution < -0.4 is 0 Å². The van der Waals surface area contributed by atoms with Crippen molar-refractivity contribution in [3.8, 4) is 0 Å². The third-order valence-corrected chi connectivity index (χ3v) is 2.68. The number of aromatic amines is 2. The maximum atomic E-state index is 9.09. The number of aromatic nitrogens is 3. The normalized spacial score (nSPS) is 12.7. The van der Waals surface area contributed by atoms with Gasteiger partial charge in [-0.15, -0.1) is 0 Å². The first kappa shape index (κ1) is 11.8. The van der Waals surface area contributed by atoms with Gasteiger partial charge in [-0.2, -0.15) is 4.98 Å². The molecule has 1 aromatic rings. The van der Waals surface area contributed by atoms with Gasteiger partial charge in [0.15, 0.2) is 9.93 Å². The van der Waals surface area contributed by atoms with Crippen LogP contribution in [0.15, 0.2) is 5.16 Å². The van der Waals surface area contributed by atoms with E-state index in [-0.39, 0.29) is 6.61 Å². The van der Waals surface area contributed by atoms with Crippen LogP contribution in [0, 0.1) is 9.54 Å². The molecule has 0 aromatic carbocycles. The third-order valence-electron chi connectivity index (χ3n) is 1.27. The number of H-pyrrole nitrogens is 2. The summed E-state index contributed by atoms with van der Waals surface area (Å²) in [6.45, 7) is -0.270. The lowest BCUT2D eigenvalue weighted by atomic mass is 10.4. The average Bonchev–Trinajstić information content (AvgIpc) is 2.12. The van der Waals surface area contributed by atoms with Gasteiger partial charge in [-0.1, -0.05) is 11.8 Å². The van der Waals surface area contributed by atoms with Crippen molar-refractivity contribution in [2.24, 2.45) is 0 Å². The zero-order chi connectivity index (χ0) is 10.6. The van der Waals surface area contributed by atoms with Gasteiger partial charge in [-0.3, -0.25) is 0 Å². The highest BCUT2D eigenvalue weighted by Crippen LogP contribution is 2.12. The molecule has 1 aromatic heterocycles. The predicted octanol–water partition coefficient (Wildman–Crippen LogP) is 0.642. The second-order valence-corrected chi connectivity index (χ2v) is 4.25. The van der Waals surface area contributed by atoms with E-state index in [1.54, 1.807) is 0 Å². The zero-order valence-corrected chi connectivity index (χ0v) is 9.51. The van der Waals surface area contributed by atoms with Crippen LogP contribution in [-0.4, -0.2) is 43.6 Å². The summed E-state index contributed by atoms with van der Waals surface area (Å²) in [5.41, 5.74) is 0. The van der Waals surface area contributed by atoms with Crippen molar-refractivity contribution in [2.45, 2.75) is 11.3 Å². The molecule has 0 aliphatic carbocycles. The Labute approximate surface area is 94.6 Å².